The van der Waals surface area contributed by atoms with Crippen molar-refractivity contribution in [1.29, 1.82) is 0 Å². The molecule has 1 heterocycles. The average molecular weight is 329 g/mol. The van der Waals surface area contributed by atoms with Crippen LogP contribution in [0.2, 0.25) is 0 Å². The first-order valence-electron chi connectivity index (χ1n) is 7.03. The fraction of sp³-hybridized carbons (Fsp3) is 0.0588. The number of carbonyl (C=O) groups excluding carboxylic acids is 1. The minimum atomic E-state index is -0.544. The third-order valence-electron chi connectivity index (χ3n) is 3.30. The van der Waals surface area contributed by atoms with Crippen LogP contribution in [-0.4, -0.2) is 18.1 Å². The Morgan fingerprint density at radius 1 is 1.00 bits per heavy atom. The van der Waals surface area contributed by atoms with E-state index in [1.807, 2.05) is 0 Å². The van der Waals surface area contributed by atoms with Crippen molar-refractivity contribution in [2.75, 3.05) is 17.7 Å². The molecule has 0 spiro atoms. The Hall–Kier alpha value is -3.22. The van der Waals surface area contributed by atoms with E-state index in [1.54, 1.807) is 0 Å². The van der Waals surface area contributed by atoms with Crippen LogP contribution in [0.3, 0.4) is 0 Å². The Bertz CT molecular complexity index is 898. The number of nitrogens with zero attached hydrogens (tertiary/aromatic N) is 1. The molecular formula is C17H13F2N3O2. The molecule has 5 nitrogen and oxygen atoms in total. The molecule has 3 aromatic rings. The van der Waals surface area contributed by atoms with E-state index in [-0.39, 0.29) is 5.82 Å². The van der Waals surface area contributed by atoms with Gasteiger partial charge in [0.1, 0.15) is 23.2 Å². The van der Waals surface area contributed by atoms with Crippen molar-refractivity contribution < 1.29 is 18.3 Å². The first-order chi connectivity index (χ1) is 11.5. The number of amides is 2. The SMILES string of the molecule is COc1cc(NC(=O)Nc2ccc(F)cc2)nc2ccc(F)cc12. The zero-order valence-electron chi connectivity index (χ0n) is 12.6. The van der Waals surface area contributed by atoms with E-state index >= 15 is 0 Å². The lowest BCUT2D eigenvalue weighted by Gasteiger charge is -2.10. The number of aromatic nitrogens is 1. The molecule has 0 aliphatic heterocycles. The van der Waals surface area contributed by atoms with Gasteiger partial charge in [-0.05, 0) is 42.5 Å². The molecule has 2 amide bonds. The van der Waals surface area contributed by atoms with Gasteiger partial charge in [-0.25, -0.2) is 18.6 Å². The fourth-order valence-corrected chi connectivity index (χ4v) is 2.21. The van der Waals surface area contributed by atoms with Crippen LogP contribution in [-0.2, 0) is 0 Å². The molecule has 0 fully saturated rings. The van der Waals surface area contributed by atoms with E-state index in [4.69, 9.17) is 4.74 Å². The number of pyridine rings is 1. The van der Waals surface area contributed by atoms with Gasteiger partial charge in [-0.3, -0.25) is 5.32 Å². The number of hydrogen-bond donors (Lipinski definition) is 2. The van der Waals surface area contributed by atoms with Crippen molar-refractivity contribution >= 4 is 28.4 Å². The summed E-state index contributed by atoms with van der Waals surface area (Å²) in [6, 6.07) is 10.4. The van der Waals surface area contributed by atoms with Crippen molar-refractivity contribution in [2.45, 2.75) is 0 Å². The Morgan fingerprint density at radius 3 is 2.42 bits per heavy atom. The van der Waals surface area contributed by atoms with Gasteiger partial charge in [-0.2, -0.15) is 0 Å². The molecular weight excluding hydrogens is 316 g/mol. The summed E-state index contributed by atoms with van der Waals surface area (Å²) in [5.41, 5.74) is 0.913. The second kappa shape index (κ2) is 6.49. The topological polar surface area (TPSA) is 63.2 Å². The monoisotopic (exact) mass is 329 g/mol. The summed E-state index contributed by atoms with van der Waals surface area (Å²) in [5, 5.41) is 5.61. The molecule has 0 saturated carbocycles. The maximum atomic E-state index is 13.3. The highest BCUT2D eigenvalue weighted by Gasteiger charge is 2.10. The van der Waals surface area contributed by atoms with Gasteiger partial charge in [-0.1, -0.05) is 0 Å². The predicted molar refractivity (Wildman–Crippen MR) is 87.3 cm³/mol. The van der Waals surface area contributed by atoms with Crippen molar-refractivity contribution in [3.05, 3.63) is 60.2 Å². The van der Waals surface area contributed by atoms with Crippen LogP contribution < -0.4 is 15.4 Å². The Labute approximate surface area is 136 Å². The van der Waals surface area contributed by atoms with Crippen molar-refractivity contribution in [3.8, 4) is 5.75 Å². The molecule has 0 atom stereocenters. The molecule has 0 radical (unpaired) electrons. The molecule has 24 heavy (non-hydrogen) atoms. The second-order valence-corrected chi connectivity index (χ2v) is 4.96. The molecule has 0 saturated heterocycles. The van der Waals surface area contributed by atoms with Crippen LogP contribution in [0.4, 0.5) is 25.1 Å². The van der Waals surface area contributed by atoms with Gasteiger partial charge in [-0.15, -0.1) is 0 Å². The molecule has 0 bridgehead atoms. The number of anilines is 2. The van der Waals surface area contributed by atoms with Gasteiger partial charge in [0.25, 0.3) is 0 Å². The lowest BCUT2D eigenvalue weighted by molar-refractivity contribution is 0.262. The lowest BCUT2D eigenvalue weighted by atomic mass is 10.2. The van der Waals surface area contributed by atoms with Gasteiger partial charge < -0.3 is 10.1 Å². The fourth-order valence-electron chi connectivity index (χ4n) is 2.21. The number of nitrogens with one attached hydrogen (secondary N) is 2. The first kappa shape index (κ1) is 15.7. The van der Waals surface area contributed by atoms with Crippen molar-refractivity contribution in [2.24, 2.45) is 0 Å². The summed E-state index contributed by atoms with van der Waals surface area (Å²) in [4.78, 5) is 16.2. The lowest BCUT2D eigenvalue weighted by Crippen LogP contribution is -2.20. The zero-order valence-corrected chi connectivity index (χ0v) is 12.6. The number of fused-ring (bicyclic) bond motifs is 1. The Kier molecular flexibility index (Phi) is 4.24. The molecule has 0 aliphatic carbocycles. The van der Waals surface area contributed by atoms with Crippen molar-refractivity contribution in [3.63, 3.8) is 0 Å². The molecule has 2 aromatic carbocycles. The highest BCUT2D eigenvalue weighted by molar-refractivity contribution is 6.00. The largest absolute Gasteiger partial charge is 0.496 e. The summed E-state index contributed by atoms with van der Waals surface area (Å²) in [7, 11) is 1.45. The van der Waals surface area contributed by atoms with E-state index < -0.39 is 17.7 Å². The zero-order chi connectivity index (χ0) is 17.1. The van der Waals surface area contributed by atoms with E-state index in [9.17, 15) is 13.6 Å². The predicted octanol–water partition coefficient (Wildman–Crippen LogP) is 4.17. The molecule has 122 valence electrons. The van der Waals surface area contributed by atoms with Crippen LogP contribution in [0.1, 0.15) is 0 Å². The normalized spacial score (nSPS) is 10.5. The van der Waals surface area contributed by atoms with Crippen LogP contribution in [0.25, 0.3) is 10.9 Å². The van der Waals surface area contributed by atoms with Gasteiger partial charge in [0, 0.05) is 17.1 Å². The number of hydrogen-bond acceptors (Lipinski definition) is 3. The first-order valence-corrected chi connectivity index (χ1v) is 7.03. The summed E-state index contributed by atoms with van der Waals surface area (Å²) in [6.07, 6.45) is 0. The molecule has 2 N–H and O–H groups in total. The van der Waals surface area contributed by atoms with Crippen LogP contribution >= 0.6 is 0 Å². The van der Waals surface area contributed by atoms with Crippen LogP contribution in [0.5, 0.6) is 5.75 Å². The highest BCUT2D eigenvalue weighted by atomic mass is 19.1. The third kappa shape index (κ3) is 3.40. The number of halogens is 2. The van der Waals surface area contributed by atoms with Gasteiger partial charge in [0.05, 0.1) is 12.6 Å². The highest BCUT2D eigenvalue weighted by Crippen LogP contribution is 2.28. The summed E-state index contributed by atoms with van der Waals surface area (Å²) in [6.45, 7) is 0. The van der Waals surface area contributed by atoms with Crippen molar-refractivity contribution in [1.82, 2.24) is 4.98 Å². The minimum absolute atomic E-state index is 0.241. The van der Waals surface area contributed by atoms with Crippen LogP contribution in [0.15, 0.2) is 48.5 Å². The van der Waals surface area contributed by atoms with Gasteiger partial charge >= 0.3 is 6.03 Å². The second-order valence-electron chi connectivity index (χ2n) is 4.96. The maximum absolute atomic E-state index is 13.3. The van der Waals surface area contributed by atoms with E-state index in [0.29, 0.717) is 22.3 Å². The van der Waals surface area contributed by atoms with E-state index in [0.717, 1.165) is 0 Å². The van der Waals surface area contributed by atoms with Crippen LogP contribution in [0, 0.1) is 11.6 Å². The third-order valence-corrected chi connectivity index (χ3v) is 3.30. The minimum Gasteiger partial charge on any atom is -0.496 e. The molecule has 1 aromatic heterocycles. The smallest absolute Gasteiger partial charge is 0.324 e. The Morgan fingerprint density at radius 2 is 1.71 bits per heavy atom. The van der Waals surface area contributed by atoms with Gasteiger partial charge in [0.2, 0.25) is 0 Å². The van der Waals surface area contributed by atoms with E-state index in [1.165, 1.54) is 55.6 Å². The maximum Gasteiger partial charge on any atom is 0.324 e. The number of methoxy groups -OCH3 is 1. The number of rotatable bonds is 3. The quantitative estimate of drug-likeness (QED) is 0.758. The molecule has 0 aliphatic rings. The standard InChI is InChI=1S/C17H13F2N3O2/c1-24-15-9-16(21-14-7-4-11(19)8-13(14)15)22-17(23)20-12-5-2-10(18)3-6-12/h2-9H,1H3,(H2,20,21,22,23). The molecule has 0 unspecified atom stereocenters. The number of benzene rings is 2. The summed E-state index contributed by atoms with van der Waals surface area (Å²) >= 11 is 0. The summed E-state index contributed by atoms with van der Waals surface area (Å²) < 4.78 is 31.4. The summed E-state index contributed by atoms with van der Waals surface area (Å²) in [5.74, 6) is -0.173. The molecule has 7 heteroatoms. The Balaban J connectivity index is 1.82. The number of carbonyl (C=O) groups is 1. The number of urea groups is 1. The van der Waals surface area contributed by atoms with Gasteiger partial charge in [0.15, 0.2) is 0 Å². The number of ether oxygens (including phenoxy) is 1. The average Bonchev–Trinajstić information content (AvgIpc) is 2.56. The van der Waals surface area contributed by atoms with E-state index in [2.05, 4.69) is 15.6 Å². The molecule has 3 rings (SSSR count).